The van der Waals surface area contributed by atoms with Crippen molar-refractivity contribution in [2.75, 3.05) is 0 Å². The van der Waals surface area contributed by atoms with Crippen LogP contribution in [-0.4, -0.2) is 16.6 Å². The molecule has 0 spiro atoms. The number of carboxylic acid groups (broad SMARTS) is 1. The van der Waals surface area contributed by atoms with Crippen molar-refractivity contribution in [3.63, 3.8) is 0 Å². The van der Waals surface area contributed by atoms with Gasteiger partial charge in [0.15, 0.2) is 0 Å². The predicted octanol–water partition coefficient (Wildman–Crippen LogP) is 0.535. The van der Waals surface area contributed by atoms with Crippen LogP contribution in [0.25, 0.3) is 0 Å². The number of hydrogen-bond acceptors (Lipinski definition) is 3. The summed E-state index contributed by atoms with van der Waals surface area (Å²) in [5.74, 6) is -1.30. The lowest BCUT2D eigenvalue weighted by atomic mass is 9.94. The van der Waals surface area contributed by atoms with Gasteiger partial charge in [-0.15, -0.1) is 0 Å². The van der Waals surface area contributed by atoms with Gasteiger partial charge < -0.3 is 10.8 Å². The summed E-state index contributed by atoms with van der Waals surface area (Å²) in [5, 5.41) is 17.4. The largest absolute Gasteiger partial charge is 0.479 e. The molecule has 0 saturated heterocycles. The van der Waals surface area contributed by atoms with E-state index in [1.54, 1.807) is 30.3 Å². The fourth-order valence-corrected chi connectivity index (χ4v) is 1.08. The summed E-state index contributed by atoms with van der Waals surface area (Å²) in [6.07, 6.45) is 0.0136. The van der Waals surface area contributed by atoms with Gasteiger partial charge in [-0.1, -0.05) is 30.3 Å². The second-order valence-corrected chi connectivity index (χ2v) is 3.05. The highest BCUT2D eigenvalue weighted by Gasteiger charge is 2.34. The molecule has 4 heteroatoms. The van der Waals surface area contributed by atoms with Gasteiger partial charge in [0, 0.05) is 6.42 Å². The summed E-state index contributed by atoms with van der Waals surface area (Å²) < 4.78 is 0. The molecule has 0 heterocycles. The maximum Gasteiger partial charge on any atom is 0.338 e. The molecule has 3 N–H and O–H groups in total. The van der Waals surface area contributed by atoms with Gasteiger partial charge in [0.2, 0.25) is 5.54 Å². The number of benzene rings is 1. The number of carboxylic acids is 1. The number of nitrogens with two attached hydrogens (primary N) is 1. The lowest BCUT2D eigenvalue weighted by molar-refractivity contribution is -0.141. The topological polar surface area (TPSA) is 87.1 Å². The normalized spacial score (nSPS) is 14.0. The van der Waals surface area contributed by atoms with E-state index in [4.69, 9.17) is 16.1 Å². The molecular weight excluding hydrogens is 180 g/mol. The number of rotatable bonds is 3. The van der Waals surface area contributed by atoms with Crippen LogP contribution in [0.1, 0.15) is 5.56 Å². The molecule has 0 radical (unpaired) electrons. The van der Waals surface area contributed by atoms with Crippen LogP contribution in [0.2, 0.25) is 0 Å². The minimum atomic E-state index is -1.83. The van der Waals surface area contributed by atoms with Crippen molar-refractivity contribution < 1.29 is 9.90 Å². The molecule has 0 saturated carbocycles. The fraction of sp³-hybridized carbons (Fsp3) is 0.200. The van der Waals surface area contributed by atoms with Gasteiger partial charge in [0.25, 0.3) is 0 Å². The molecule has 72 valence electrons. The van der Waals surface area contributed by atoms with Crippen molar-refractivity contribution in [3.05, 3.63) is 35.9 Å². The van der Waals surface area contributed by atoms with E-state index in [1.807, 2.05) is 6.07 Å². The van der Waals surface area contributed by atoms with Crippen LogP contribution < -0.4 is 5.73 Å². The first kappa shape index (κ1) is 10.2. The molecule has 1 rings (SSSR count). The summed E-state index contributed by atoms with van der Waals surface area (Å²) in [7, 11) is 0. The van der Waals surface area contributed by atoms with Crippen LogP contribution in [0.3, 0.4) is 0 Å². The Hall–Kier alpha value is -1.86. The highest BCUT2D eigenvalue weighted by Crippen LogP contribution is 2.10. The Balaban J connectivity index is 2.88. The zero-order chi connectivity index (χ0) is 10.6. The zero-order valence-electron chi connectivity index (χ0n) is 7.47. The van der Waals surface area contributed by atoms with E-state index in [9.17, 15) is 4.79 Å². The summed E-state index contributed by atoms with van der Waals surface area (Å²) in [4.78, 5) is 10.7. The SMILES string of the molecule is N#C[C@](N)(Cc1ccccc1)C(=O)O. The van der Waals surface area contributed by atoms with E-state index >= 15 is 0 Å². The molecular formula is C10H10N2O2. The van der Waals surface area contributed by atoms with Crippen molar-refractivity contribution in [3.8, 4) is 6.07 Å². The average Bonchev–Trinajstić information content (AvgIpc) is 2.19. The summed E-state index contributed by atoms with van der Waals surface area (Å²) >= 11 is 0. The van der Waals surface area contributed by atoms with Gasteiger partial charge in [-0.05, 0) is 5.56 Å². The molecule has 0 aliphatic rings. The third-order valence-electron chi connectivity index (χ3n) is 1.91. The summed E-state index contributed by atoms with van der Waals surface area (Å²) in [6.45, 7) is 0. The average molecular weight is 190 g/mol. The highest BCUT2D eigenvalue weighted by molar-refractivity contribution is 5.82. The zero-order valence-corrected chi connectivity index (χ0v) is 7.47. The Labute approximate surface area is 81.6 Å². The minimum absolute atomic E-state index is 0.0136. The van der Waals surface area contributed by atoms with Gasteiger partial charge in [-0.25, -0.2) is 4.79 Å². The minimum Gasteiger partial charge on any atom is -0.479 e. The number of nitrogens with zero attached hydrogens (tertiary/aromatic N) is 1. The summed E-state index contributed by atoms with van der Waals surface area (Å²) in [5.41, 5.74) is 4.31. The van der Waals surface area contributed by atoms with Gasteiger partial charge in [-0.2, -0.15) is 5.26 Å². The Morgan fingerprint density at radius 1 is 1.50 bits per heavy atom. The standard InChI is InChI=1S/C10H10N2O2/c11-7-10(12,9(13)14)6-8-4-2-1-3-5-8/h1-5H,6,12H2,(H,13,14)/t10-/m1/s1. The van der Waals surface area contributed by atoms with Crippen LogP contribution in [0.5, 0.6) is 0 Å². The first-order chi connectivity index (χ1) is 6.58. The van der Waals surface area contributed by atoms with E-state index in [1.165, 1.54) is 0 Å². The number of carbonyl (C=O) groups is 1. The van der Waals surface area contributed by atoms with Crippen LogP contribution in [-0.2, 0) is 11.2 Å². The van der Waals surface area contributed by atoms with Gasteiger partial charge in [0.05, 0.1) is 6.07 Å². The molecule has 1 atom stereocenters. The van der Waals surface area contributed by atoms with E-state index in [2.05, 4.69) is 0 Å². The van der Waals surface area contributed by atoms with E-state index < -0.39 is 11.5 Å². The monoisotopic (exact) mass is 190 g/mol. The molecule has 0 bridgehead atoms. The maximum absolute atomic E-state index is 10.7. The maximum atomic E-state index is 10.7. The van der Waals surface area contributed by atoms with Crippen molar-refractivity contribution in [1.29, 1.82) is 5.26 Å². The fourth-order valence-electron chi connectivity index (χ4n) is 1.08. The molecule has 0 unspecified atom stereocenters. The third-order valence-corrected chi connectivity index (χ3v) is 1.91. The van der Waals surface area contributed by atoms with Crippen LogP contribution in [0.4, 0.5) is 0 Å². The van der Waals surface area contributed by atoms with Crippen LogP contribution in [0, 0.1) is 11.3 Å². The summed E-state index contributed by atoms with van der Waals surface area (Å²) in [6, 6.07) is 10.4. The number of hydrogen-bond donors (Lipinski definition) is 2. The molecule has 4 nitrogen and oxygen atoms in total. The predicted molar refractivity (Wildman–Crippen MR) is 50.3 cm³/mol. The Morgan fingerprint density at radius 2 is 2.07 bits per heavy atom. The lowest BCUT2D eigenvalue weighted by Gasteiger charge is -2.15. The van der Waals surface area contributed by atoms with Gasteiger partial charge >= 0.3 is 5.97 Å². The third kappa shape index (κ3) is 2.09. The molecule has 1 aromatic rings. The molecule has 0 aliphatic carbocycles. The Bertz CT molecular complexity index is 369. The lowest BCUT2D eigenvalue weighted by Crippen LogP contribution is -2.48. The van der Waals surface area contributed by atoms with Crippen LogP contribution in [0.15, 0.2) is 30.3 Å². The molecule has 0 aliphatic heterocycles. The number of nitriles is 1. The first-order valence-corrected chi connectivity index (χ1v) is 4.06. The molecule has 0 aromatic heterocycles. The Kier molecular flexibility index (Phi) is 2.85. The second kappa shape index (κ2) is 3.90. The second-order valence-electron chi connectivity index (χ2n) is 3.05. The quantitative estimate of drug-likeness (QED) is 0.728. The molecule has 0 fully saturated rings. The van der Waals surface area contributed by atoms with E-state index in [0.717, 1.165) is 5.56 Å². The van der Waals surface area contributed by atoms with Crippen molar-refractivity contribution in [2.24, 2.45) is 5.73 Å². The van der Waals surface area contributed by atoms with E-state index in [0.29, 0.717) is 0 Å². The van der Waals surface area contributed by atoms with Gasteiger partial charge in [0.1, 0.15) is 0 Å². The Morgan fingerprint density at radius 3 is 2.50 bits per heavy atom. The molecule has 0 amide bonds. The van der Waals surface area contributed by atoms with Crippen LogP contribution >= 0.6 is 0 Å². The molecule has 14 heavy (non-hydrogen) atoms. The van der Waals surface area contributed by atoms with Crippen molar-refractivity contribution in [2.45, 2.75) is 12.0 Å². The van der Waals surface area contributed by atoms with Gasteiger partial charge in [-0.3, -0.25) is 0 Å². The van der Waals surface area contributed by atoms with E-state index in [-0.39, 0.29) is 6.42 Å². The van der Waals surface area contributed by atoms with Crippen molar-refractivity contribution >= 4 is 5.97 Å². The highest BCUT2D eigenvalue weighted by atomic mass is 16.4. The number of aliphatic carboxylic acids is 1. The van der Waals surface area contributed by atoms with Crippen molar-refractivity contribution in [1.82, 2.24) is 0 Å². The smallest absolute Gasteiger partial charge is 0.338 e. The molecule has 1 aromatic carbocycles. The first-order valence-electron chi connectivity index (χ1n) is 4.06.